The SMILES string of the molecule is CSC1=N[C@H](c2ccccc2F)C2=C(N1)c1ccccc1C2=O. The number of carbonyl (C=O) groups is 1. The summed E-state index contributed by atoms with van der Waals surface area (Å²) in [6.07, 6.45) is 1.90. The lowest BCUT2D eigenvalue weighted by molar-refractivity contribution is 0.103. The van der Waals surface area contributed by atoms with Crippen molar-refractivity contribution >= 4 is 28.4 Å². The van der Waals surface area contributed by atoms with Crippen molar-refractivity contribution in [3.8, 4) is 0 Å². The van der Waals surface area contributed by atoms with Crippen LogP contribution in [0.25, 0.3) is 5.70 Å². The molecule has 0 saturated carbocycles. The van der Waals surface area contributed by atoms with Crippen molar-refractivity contribution in [2.24, 2.45) is 4.99 Å². The van der Waals surface area contributed by atoms with Gasteiger partial charge in [-0.25, -0.2) is 9.38 Å². The molecule has 0 fully saturated rings. The molecule has 2 aromatic rings. The Bertz CT molecular complexity index is 888. The Balaban J connectivity index is 1.92. The van der Waals surface area contributed by atoms with Gasteiger partial charge < -0.3 is 5.32 Å². The summed E-state index contributed by atoms with van der Waals surface area (Å²) in [5.41, 5.74) is 3.20. The molecule has 3 nitrogen and oxygen atoms in total. The molecule has 2 aromatic carbocycles. The Hall–Kier alpha value is -2.40. The third-order valence-electron chi connectivity index (χ3n) is 4.10. The Morgan fingerprint density at radius 3 is 2.52 bits per heavy atom. The number of Topliss-reactive ketones (excluding diaryl/α,β-unsaturated/α-hetero) is 1. The van der Waals surface area contributed by atoms with E-state index in [9.17, 15) is 9.18 Å². The average Bonchev–Trinajstić information content (AvgIpc) is 2.88. The third kappa shape index (κ3) is 2.11. The number of amidine groups is 1. The summed E-state index contributed by atoms with van der Waals surface area (Å²) in [6, 6.07) is 13.3. The van der Waals surface area contributed by atoms with Gasteiger partial charge in [-0.1, -0.05) is 54.2 Å². The lowest BCUT2D eigenvalue weighted by Gasteiger charge is -2.23. The second-order valence-corrected chi connectivity index (χ2v) is 6.15. The number of halogens is 1. The fourth-order valence-corrected chi connectivity index (χ4v) is 3.46. The van der Waals surface area contributed by atoms with Gasteiger partial charge in [-0.2, -0.15) is 0 Å². The Kier molecular flexibility index (Phi) is 3.31. The zero-order valence-corrected chi connectivity index (χ0v) is 13.2. The van der Waals surface area contributed by atoms with E-state index in [2.05, 4.69) is 10.3 Å². The first-order chi connectivity index (χ1) is 11.2. The quantitative estimate of drug-likeness (QED) is 0.867. The van der Waals surface area contributed by atoms with E-state index >= 15 is 0 Å². The van der Waals surface area contributed by atoms with Crippen LogP contribution in [-0.2, 0) is 0 Å². The third-order valence-corrected chi connectivity index (χ3v) is 4.69. The Labute approximate surface area is 137 Å². The highest BCUT2D eigenvalue weighted by Gasteiger charge is 2.38. The molecule has 1 N–H and O–H groups in total. The van der Waals surface area contributed by atoms with Crippen LogP contribution in [0.3, 0.4) is 0 Å². The van der Waals surface area contributed by atoms with E-state index in [4.69, 9.17) is 0 Å². The molecule has 23 heavy (non-hydrogen) atoms. The van der Waals surface area contributed by atoms with Gasteiger partial charge in [0.05, 0.1) is 11.3 Å². The number of nitrogens with zero attached hydrogens (tertiary/aromatic N) is 1. The van der Waals surface area contributed by atoms with Crippen molar-refractivity contribution in [3.05, 3.63) is 76.6 Å². The van der Waals surface area contributed by atoms with Crippen molar-refractivity contribution in [1.82, 2.24) is 5.32 Å². The second-order valence-electron chi connectivity index (χ2n) is 5.35. The molecule has 0 radical (unpaired) electrons. The number of thioether (sulfide) groups is 1. The van der Waals surface area contributed by atoms with Crippen LogP contribution in [0.5, 0.6) is 0 Å². The van der Waals surface area contributed by atoms with Gasteiger partial charge in [-0.15, -0.1) is 0 Å². The van der Waals surface area contributed by atoms with Crippen LogP contribution in [0.4, 0.5) is 4.39 Å². The molecule has 0 spiro atoms. The predicted molar refractivity (Wildman–Crippen MR) is 90.9 cm³/mol. The van der Waals surface area contributed by atoms with Gasteiger partial charge in [0.15, 0.2) is 11.0 Å². The van der Waals surface area contributed by atoms with Crippen LogP contribution in [0.2, 0.25) is 0 Å². The fraction of sp³-hybridized carbons (Fsp3) is 0.111. The van der Waals surface area contributed by atoms with Crippen LogP contribution >= 0.6 is 11.8 Å². The molecule has 0 saturated heterocycles. The maximum Gasteiger partial charge on any atom is 0.194 e. The minimum absolute atomic E-state index is 0.0831. The van der Waals surface area contributed by atoms with Gasteiger partial charge in [0.2, 0.25) is 0 Å². The number of ketones is 1. The molecule has 114 valence electrons. The van der Waals surface area contributed by atoms with Crippen LogP contribution in [0.1, 0.15) is 27.5 Å². The first kappa shape index (κ1) is 14.2. The highest BCUT2D eigenvalue weighted by molar-refractivity contribution is 8.13. The van der Waals surface area contributed by atoms with Gasteiger partial charge >= 0.3 is 0 Å². The lowest BCUT2D eigenvalue weighted by Crippen LogP contribution is -2.26. The Morgan fingerprint density at radius 2 is 1.78 bits per heavy atom. The topological polar surface area (TPSA) is 41.5 Å². The summed E-state index contributed by atoms with van der Waals surface area (Å²) in [4.78, 5) is 17.4. The molecule has 0 bridgehead atoms. The lowest BCUT2D eigenvalue weighted by atomic mass is 9.95. The molecule has 1 aliphatic heterocycles. The first-order valence-corrected chi connectivity index (χ1v) is 8.44. The average molecular weight is 324 g/mol. The maximum absolute atomic E-state index is 14.3. The molecule has 1 aliphatic carbocycles. The second kappa shape index (κ2) is 5.35. The van der Waals surface area contributed by atoms with E-state index in [1.54, 1.807) is 24.3 Å². The van der Waals surface area contributed by atoms with E-state index in [0.717, 1.165) is 11.3 Å². The van der Waals surface area contributed by atoms with Crippen molar-refractivity contribution in [3.63, 3.8) is 0 Å². The summed E-state index contributed by atoms with van der Waals surface area (Å²) in [7, 11) is 0. The van der Waals surface area contributed by atoms with E-state index in [0.29, 0.717) is 21.9 Å². The van der Waals surface area contributed by atoms with Crippen molar-refractivity contribution in [2.45, 2.75) is 6.04 Å². The summed E-state index contributed by atoms with van der Waals surface area (Å²) in [6.45, 7) is 0. The van der Waals surface area contributed by atoms with E-state index in [1.807, 2.05) is 24.5 Å². The molecule has 1 heterocycles. The van der Waals surface area contributed by atoms with E-state index < -0.39 is 6.04 Å². The Morgan fingerprint density at radius 1 is 1.09 bits per heavy atom. The summed E-state index contributed by atoms with van der Waals surface area (Å²) in [5.74, 6) is -0.431. The van der Waals surface area contributed by atoms with Crippen LogP contribution in [-0.4, -0.2) is 17.2 Å². The minimum Gasteiger partial charge on any atom is -0.334 e. The molecule has 1 atom stereocenters. The zero-order valence-electron chi connectivity index (χ0n) is 12.3. The number of hydrogen-bond acceptors (Lipinski definition) is 4. The fourth-order valence-electron chi connectivity index (χ4n) is 3.05. The molecule has 0 aromatic heterocycles. The summed E-state index contributed by atoms with van der Waals surface area (Å²) < 4.78 is 14.3. The highest BCUT2D eigenvalue weighted by Crippen LogP contribution is 2.43. The molecule has 2 aliphatic rings. The molecular weight excluding hydrogens is 311 g/mol. The van der Waals surface area contributed by atoms with Crippen LogP contribution in [0, 0.1) is 5.82 Å². The van der Waals surface area contributed by atoms with Gasteiger partial charge in [0.25, 0.3) is 0 Å². The first-order valence-electron chi connectivity index (χ1n) is 7.22. The molecule has 5 heteroatoms. The largest absolute Gasteiger partial charge is 0.334 e. The maximum atomic E-state index is 14.3. The van der Waals surface area contributed by atoms with Gasteiger partial charge in [0.1, 0.15) is 11.9 Å². The van der Waals surface area contributed by atoms with Crippen molar-refractivity contribution in [1.29, 1.82) is 0 Å². The van der Waals surface area contributed by atoms with Gasteiger partial charge in [-0.3, -0.25) is 4.79 Å². The summed E-state index contributed by atoms with van der Waals surface area (Å²) in [5, 5.41) is 3.90. The normalized spacial score (nSPS) is 19.1. The van der Waals surface area contributed by atoms with E-state index in [1.165, 1.54) is 17.8 Å². The monoisotopic (exact) mass is 324 g/mol. The van der Waals surface area contributed by atoms with Crippen molar-refractivity contribution in [2.75, 3.05) is 6.26 Å². The number of carbonyl (C=O) groups excluding carboxylic acids is 1. The molecule has 0 amide bonds. The molecule has 0 unspecified atom stereocenters. The summed E-state index contributed by atoms with van der Waals surface area (Å²) >= 11 is 1.45. The number of nitrogens with one attached hydrogen (secondary N) is 1. The van der Waals surface area contributed by atoms with Crippen LogP contribution in [0.15, 0.2) is 59.1 Å². The van der Waals surface area contributed by atoms with E-state index in [-0.39, 0.29) is 11.6 Å². The number of benzene rings is 2. The predicted octanol–water partition coefficient (Wildman–Crippen LogP) is 3.80. The van der Waals surface area contributed by atoms with Crippen molar-refractivity contribution < 1.29 is 9.18 Å². The number of hydrogen-bond donors (Lipinski definition) is 1. The smallest absolute Gasteiger partial charge is 0.194 e. The standard InChI is InChI=1S/C18H13FN2OS/c1-23-18-20-15-10-6-2-3-7-11(10)17(22)14(15)16(21-18)12-8-4-5-9-13(12)19/h2-9,16H,1H3,(H,20,21)/t16-/m1/s1. The molecule has 4 rings (SSSR count). The van der Waals surface area contributed by atoms with Crippen LogP contribution < -0.4 is 5.32 Å². The minimum atomic E-state index is -0.616. The highest BCUT2D eigenvalue weighted by atomic mass is 32.2. The molecular formula is C18H13FN2OS. The number of fused-ring (bicyclic) bond motifs is 2. The number of aliphatic imine (C=N–C) groups is 1. The van der Waals surface area contributed by atoms with Gasteiger partial charge in [0, 0.05) is 16.7 Å². The number of rotatable bonds is 1. The van der Waals surface area contributed by atoms with Gasteiger partial charge in [-0.05, 0) is 12.3 Å². The zero-order chi connectivity index (χ0) is 16.0.